The van der Waals surface area contributed by atoms with Crippen LogP contribution in [0.2, 0.25) is 0 Å². The van der Waals surface area contributed by atoms with Crippen molar-refractivity contribution in [2.75, 3.05) is 0 Å². The van der Waals surface area contributed by atoms with E-state index in [0.29, 0.717) is 0 Å². The van der Waals surface area contributed by atoms with Gasteiger partial charge in [-0.2, -0.15) is 0 Å². The van der Waals surface area contributed by atoms with Crippen LogP contribution in [0.5, 0.6) is 0 Å². The molecule has 9 nitrogen and oxygen atoms in total. The molecule has 0 saturated heterocycles. The maximum absolute atomic E-state index is 10.4. The molecular formula is C8H7FeNO8. The number of hydrogen-bond acceptors (Lipinski definition) is 9. The molecule has 0 aliphatic carbocycles. The number of carbonyl (C=O) groups is 4. The number of aliphatic carboxylic acids is 4. The second-order valence-electron chi connectivity index (χ2n) is 3.06. The summed E-state index contributed by atoms with van der Waals surface area (Å²) in [6.07, 6.45) is -2.14. The largest absolute Gasteiger partial charge is 4.00 e. The summed E-state index contributed by atoms with van der Waals surface area (Å²) in [4.78, 5) is 41.2. The van der Waals surface area contributed by atoms with E-state index >= 15 is 0 Å². The van der Waals surface area contributed by atoms with E-state index in [2.05, 4.69) is 0 Å². The Kier molecular flexibility index (Phi) is 8.79. The average Bonchev–Trinajstić information content (AvgIpc) is 2.13. The Labute approximate surface area is 111 Å². The number of carboxylic acid groups (broad SMARTS) is 4. The van der Waals surface area contributed by atoms with Crippen LogP contribution in [0.4, 0.5) is 0 Å². The minimum Gasteiger partial charge on any atom is -0.550 e. The van der Waals surface area contributed by atoms with Gasteiger partial charge in [-0.15, -0.1) is 0 Å². The molecule has 0 aliphatic heterocycles. The molecule has 0 fully saturated rings. The van der Waals surface area contributed by atoms with Crippen molar-refractivity contribution >= 4 is 23.9 Å². The fraction of sp³-hybridized carbons (Fsp3) is 0.500. The Balaban J connectivity index is 0. The summed E-state index contributed by atoms with van der Waals surface area (Å²) in [5, 5.41) is 42.9. The molecule has 0 bridgehead atoms. The molecule has 0 saturated carbocycles. The summed E-state index contributed by atoms with van der Waals surface area (Å²) < 4.78 is 0. The Hall–Kier alpha value is -1.64. The third-order valence-corrected chi connectivity index (χ3v) is 1.71. The van der Waals surface area contributed by atoms with Crippen molar-refractivity contribution in [1.29, 1.82) is 0 Å². The van der Waals surface area contributed by atoms with Crippen LogP contribution in [0, 0.1) is 0 Å². The maximum atomic E-state index is 10.4. The Bertz CT molecular complexity index is 312. The zero-order chi connectivity index (χ0) is 13.6. The first-order valence-electron chi connectivity index (χ1n) is 4.31. The van der Waals surface area contributed by atoms with Crippen molar-refractivity contribution in [3.8, 4) is 0 Å². The molecule has 0 aromatic carbocycles. The summed E-state index contributed by atoms with van der Waals surface area (Å²) in [5.41, 5.74) is 0. The van der Waals surface area contributed by atoms with E-state index in [1.54, 1.807) is 5.32 Å². The smallest absolute Gasteiger partial charge is 0.550 e. The molecule has 0 amide bonds. The van der Waals surface area contributed by atoms with Crippen LogP contribution in [0.25, 0.3) is 0 Å². The van der Waals surface area contributed by atoms with E-state index in [0.717, 1.165) is 0 Å². The molecular weight excluding hydrogens is 294 g/mol. The van der Waals surface area contributed by atoms with Crippen LogP contribution in [-0.4, -0.2) is 36.0 Å². The van der Waals surface area contributed by atoms with Gasteiger partial charge in [-0.05, 0) is 0 Å². The Morgan fingerprint density at radius 2 is 1.06 bits per heavy atom. The molecule has 1 N–H and O–H groups in total. The van der Waals surface area contributed by atoms with Crippen molar-refractivity contribution in [2.24, 2.45) is 0 Å². The first-order valence-corrected chi connectivity index (χ1v) is 4.31. The monoisotopic (exact) mass is 301 g/mol. The molecule has 2 atom stereocenters. The van der Waals surface area contributed by atoms with Gasteiger partial charge in [0.2, 0.25) is 0 Å². The third kappa shape index (κ3) is 7.60. The van der Waals surface area contributed by atoms with Gasteiger partial charge >= 0.3 is 17.1 Å². The van der Waals surface area contributed by atoms with Gasteiger partial charge in [0, 0.05) is 24.8 Å². The van der Waals surface area contributed by atoms with Gasteiger partial charge in [-0.3, -0.25) is 0 Å². The predicted molar refractivity (Wildman–Crippen MR) is 40.0 cm³/mol. The molecule has 10 heteroatoms. The van der Waals surface area contributed by atoms with Crippen molar-refractivity contribution < 1.29 is 56.7 Å². The van der Waals surface area contributed by atoms with Crippen LogP contribution in [-0.2, 0) is 36.2 Å². The SMILES string of the molecule is O=C([O-])CC(NC(CC(=O)[O-])C(=O)[O-])C(=O)[O-].[Fe+4]. The van der Waals surface area contributed by atoms with E-state index < -0.39 is 48.8 Å². The van der Waals surface area contributed by atoms with Gasteiger partial charge in [0.25, 0.3) is 0 Å². The number of carbonyl (C=O) groups excluding carboxylic acids is 4. The average molecular weight is 301 g/mol. The summed E-state index contributed by atoms with van der Waals surface area (Å²) in [7, 11) is 0. The molecule has 0 aliphatic rings. The summed E-state index contributed by atoms with van der Waals surface area (Å²) >= 11 is 0. The zero-order valence-electron chi connectivity index (χ0n) is 8.69. The van der Waals surface area contributed by atoms with Crippen LogP contribution in [0.15, 0.2) is 0 Å². The van der Waals surface area contributed by atoms with Gasteiger partial charge in [-0.1, -0.05) is 0 Å². The molecule has 0 radical (unpaired) electrons. The van der Waals surface area contributed by atoms with Gasteiger partial charge in [0.1, 0.15) is 0 Å². The van der Waals surface area contributed by atoms with Gasteiger partial charge in [0.15, 0.2) is 0 Å². The van der Waals surface area contributed by atoms with Gasteiger partial charge < -0.3 is 44.9 Å². The topological polar surface area (TPSA) is 173 Å². The Morgan fingerprint density at radius 1 is 0.778 bits per heavy atom. The fourth-order valence-electron chi connectivity index (χ4n) is 0.997. The van der Waals surface area contributed by atoms with Gasteiger partial charge in [-0.25, -0.2) is 0 Å². The molecule has 100 valence electrons. The van der Waals surface area contributed by atoms with Crippen molar-refractivity contribution in [3.05, 3.63) is 0 Å². The van der Waals surface area contributed by atoms with E-state index in [4.69, 9.17) is 0 Å². The Morgan fingerprint density at radius 3 is 1.22 bits per heavy atom. The van der Waals surface area contributed by atoms with E-state index in [1.807, 2.05) is 0 Å². The molecule has 0 aromatic heterocycles. The van der Waals surface area contributed by atoms with Crippen molar-refractivity contribution in [1.82, 2.24) is 5.32 Å². The van der Waals surface area contributed by atoms with E-state index in [1.165, 1.54) is 0 Å². The summed E-state index contributed by atoms with van der Waals surface area (Å²) in [6.45, 7) is 0. The van der Waals surface area contributed by atoms with Crippen LogP contribution in [0.3, 0.4) is 0 Å². The minimum absolute atomic E-state index is 0. The number of carboxylic acids is 4. The molecule has 0 rings (SSSR count). The predicted octanol–water partition coefficient (Wildman–Crippen LogP) is -6.91. The van der Waals surface area contributed by atoms with E-state index in [-0.39, 0.29) is 17.1 Å². The first kappa shape index (κ1) is 18.7. The maximum Gasteiger partial charge on any atom is 4.00 e. The number of nitrogens with one attached hydrogen (secondary N) is 1. The fourth-order valence-corrected chi connectivity index (χ4v) is 0.997. The second-order valence-corrected chi connectivity index (χ2v) is 3.06. The number of hydrogen-bond donors (Lipinski definition) is 1. The summed E-state index contributed by atoms with van der Waals surface area (Å²) in [6, 6.07) is -3.80. The summed E-state index contributed by atoms with van der Waals surface area (Å²) in [5.74, 6) is -7.34. The zero-order valence-corrected chi connectivity index (χ0v) is 9.79. The molecule has 2 unspecified atom stereocenters. The van der Waals surface area contributed by atoms with E-state index in [9.17, 15) is 39.6 Å². The first-order chi connectivity index (χ1) is 7.73. The molecule has 0 heterocycles. The number of rotatable bonds is 8. The third-order valence-electron chi connectivity index (χ3n) is 1.71. The van der Waals surface area contributed by atoms with Crippen molar-refractivity contribution in [3.63, 3.8) is 0 Å². The van der Waals surface area contributed by atoms with Crippen molar-refractivity contribution in [2.45, 2.75) is 24.9 Å². The molecule has 0 spiro atoms. The molecule has 0 aromatic rings. The normalized spacial score (nSPS) is 12.9. The van der Waals surface area contributed by atoms with Crippen LogP contribution >= 0.6 is 0 Å². The van der Waals surface area contributed by atoms with Crippen LogP contribution < -0.4 is 25.7 Å². The van der Waals surface area contributed by atoms with Gasteiger partial charge in [0.05, 0.1) is 24.0 Å². The molecule has 18 heavy (non-hydrogen) atoms. The standard InChI is InChI=1S/C8H11NO8.Fe/c10-5(11)1-3(7(14)15)9-4(8(16)17)2-6(12)13;/h3-4,9H,1-2H2,(H,10,11)(H,12,13)(H,14,15)(H,16,17);/q;+4/p-4. The van der Waals surface area contributed by atoms with Crippen LogP contribution in [0.1, 0.15) is 12.8 Å². The quantitative estimate of drug-likeness (QED) is 0.427. The minimum atomic E-state index is -1.90. The second kappa shape index (κ2) is 8.45.